The molecule has 19 heavy (non-hydrogen) atoms. The highest BCUT2D eigenvalue weighted by Crippen LogP contribution is 2.18. The highest BCUT2D eigenvalue weighted by molar-refractivity contribution is 9.10. The first-order valence-electron chi connectivity index (χ1n) is 5.90. The molecule has 6 heteroatoms. The third-order valence-corrected chi connectivity index (χ3v) is 3.61. The quantitative estimate of drug-likeness (QED) is 0.912. The van der Waals surface area contributed by atoms with Gasteiger partial charge in [0, 0.05) is 23.4 Å². The third-order valence-electron chi connectivity index (χ3n) is 2.78. The second-order valence-electron chi connectivity index (χ2n) is 4.22. The number of aryl methyl sites for hydroxylation is 2. The predicted molar refractivity (Wildman–Crippen MR) is 79.1 cm³/mol. The van der Waals surface area contributed by atoms with Gasteiger partial charge in [0.1, 0.15) is 11.5 Å². The first-order chi connectivity index (χ1) is 9.01. The summed E-state index contributed by atoms with van der Waals surface area (Å²) in [6.45, 7) is 4.58. The van der Waals surface area contributed by atoms with Gasteiger partial charge in [0.25, 0.3) is 5.91 Å². The highest BCUT2D eigenvalue weighted by atomic mass is 79.9. The predicted octanol–water partition coefficient (Wildman–Crippen LogP) is 2.81. The number of nitrogens with one attached hydrogen (secondary N) is 1. The zero-order valence-corrected chi connectivity index (χ0v) is 12.4. The molecule has 0 aliphatic rings. The fraction of sp³-hybridized carbons (Fsp3) is 0.231. The van der Waals surface area contributed by atoms with Gasteiger partial charge in [-0.3, -0.25) is 4.79 Å². The molecule has 0 unspecified atom stereocenters. The molecule has 2 heterocycles. The number of carbonyl (C=O) groups is 1. The summed E-state index contributed by atoms with van der Waals surface area (Å²) in [5.74, 6) is 0.306. The van der Waals surface area contributed by atoms with Crippen molar-refractivity contribution in [2.75, 3.05) is 11.1 Å². The van der Waals surface area contributed by atoms with Crippen LogP contribution in [-0.2, 0) is 6.54 Å². The number of nitrogens with zero attached hydrogens (tertiary/aromatic N) is 2. The van der Waals surface area contributed by atoms with Crippen LogP contribution in [0.15, 0.2) is 29.0 Å². The van der Waals surface area contributed by atoms with E-state index >= 15 is 0 Å². The molecule has 2 aromatic heterocycles. The summed E-state index contributed by atoms with van der Waals surface area (Å²) >= 11 is 3.37. The van der Waals surface area contributed by atoms with E-state index in [0.29, 0.717) is 23.7 Å². The van der Waals surface area contributed by atoms with Crippen LogP contribution >= 0.6 is 15.9 Å². The Hall–Kier alpha value is -1.82. The van der Waals surface area contributed by atoms with Crippen molar-refractivity contribution in [2.24, 2.45) is 0 Å². The molecule has 0 atom stereocenters. The number of hydrogen-bond donors (Lipinski definition) is 2. The summed E-state index contributed by atoms with van der Waals surface area (Å²) in [7, 11) is 0. The number of nitrogen functional groups attached to an aromatic ring is 1. The van der Waals surface area contributed by atoms with Crippen molar-refractivity contribution >= 4 is 33.3 Å². The van der Waals surface area contributed by atoms with E-state index in [9.17, 15) is 4.79 Å². The Morgan fingerprint density at radius 1 is 1.53 bits per heavy atom. The largest absolute Gasteiger partial charge is 0.397 e. The molecular formula is C13H15BrN4O. The first-order valence-corrected chi connectivity index (χ1v) is 6.69. The third kappa shape index (κ3) is 2.96. The molecule has 3 N–H and O–H groups in total. The van der Waals surface area contributed by atoms with Crippen LogP contribution in [0.3, 0.4) is 0 Å². The average Bonchev–Trinajstić information content (AvgIpc) is 2.75. The number of rotatable bonds is 3. The van der Waals surface area contributed by atoms with Crippen molar-refractivity contribution in [3.63, 3.8) is 0 Å². The second-order valence-corrected chi connectivity index (χ2v) is 5.07. The average molecular weight is 323 g/mol. The van der Waals surface area contributed by atoms with Crippen LogP contribution in [0.1, 0.15) is 23.0 Å². The fourth-order valence-electron chi connectivity index (χ4n) is 1.77. The fourth-order valence-corrected chi connectivity index (χ4v) is 1.99. The van der Waals surface area contributed by atoms with E-state index in [1.165, 1.54) is 0 Å². The smallest absolute Gasteiger partial charge is 0.273 e. The Morgan fingerprint density at radius 2 is 2.26 bits per heavy atom. The van der Waals surface area contributed by atoms with Gasteiger partial charge in [-0.15, -0.1) is 0 Å². The van der Waals surface area contributed by atoms with Gasteiger partial charge >= 0.3 is 0 Å². The lowest BCUT2D eigenvalue weighted by atomic mass is 10.3. The number of halogens is 1. The molecule has 5 nitrogen and oxygen atoms in total. The molecule has 0 fully saturated rings. The van der Waals surface area contributed by atoms with Gasteiger partial charge in [0.15, 0.2) is 0 Å². The SMILES string of the molecule is CCn1cc(N)cc1C(=O)Nc1cc(C)c(Br)cn1. The van der Waals surface area contributed by atoms with Crippen LogP contribution in [0.25, 0.3) is 0 Å². The van der Waals surface area contributed by atoms with E-state index in [1.54, 1.807) is 23.0 Å². The molecule has 0 spiro atoms. The van der Waals surface area contributed by atoms with Crippen LogP contribution in [0.5, 0.6) is 0 Å². The molecule has 2 aromatic rings. The Kier molecular flexibility index (Phi) is 3.90. The van der Waals surface area contributed by atoms with Crippen molar-refractivity contribution in [3.05, 3.63) is 40.3 Å². The number of amides is 1. The highest BCUT2D eigenvalue weighted by Gasteiger charge is 2.13. The lowest BCUT2D eigenvalue weighted by molar-refractivity contribution is 0.101. The van der Waals surface area contributed by atoms with E-state index < -0.39 is 0 Å². The van der Waals surface area contributed by atoms with Gasteiger partial charge in [-0.2, -0.15) is 0 Å². The zero-order valence-electron chi connectivity index (χ0n) is 10.8. The number of nitrogens with two attached hydrogens (primary N) is 1. The molecule has 0 saturated carbocycles. The molecule has 0 saturated heterocycles. The molecule has 1 amide bonds. The van der Waals surface area contributed by atoms with Crippen molar-refractivity contribution < 1.29 is 4.79 Å². The Labute approximate surface area is 120 Å². The van der Waals surface area contributed by atoms with Crippen molar-refractivity contribution in [1.29, 1.82) is 0 Å². The van der Waals surface area contributed by atoms with E-state index in [2.05, 4.69) is 26.2 Å². The van der Waals surface area contributed by atoms with E-state index in [-0.39, 0.29) is 5.91 Å². The molecule has 0 aliphatic carbocycles. The van der Waals surface area contributed by atoms with Crippen LogP contribution in [-0.4, -0.2) is 15.5 Å². The summed E-state index contributed by atoms with van der Waals surface area (Å²) in [5.41, 5.74) is 7.82. The van der Waals surface area contributed by atoms with Crippen LogP contribution in [0.4, 0.5) is 11.5 Å². The topological polar surface area (TPSA) is 72.9 Å². The number of anilines is 2. The molecule has 0 aliphatic heterocycles. The van der Waals surface area contributed by atoms with Gasteiger partial charge < -0.3 is 15.6 Å². The van der Waals surface area contributed by atoms with Crippen molar-refractivity contribution in [3.8, 4) is 0 Å². The number of hydrogen-bond acceptors (Lipinski definition) is 3. The molecule has 0 bridgehead atoms. The summed E-state index contributed by atoms with van der Waals surface area (Å²) < 4.78 is 2.71. The molecule has 100 valence electrons. The number of aromatic nitrogens is 2. The van der Waals surface area contributed by atoms with Crippen molar-refractivity contribution in [1.82, 2.24) is 9.55 Å². The normalized spacial score (nSPS) is 10.5. The van der Waals surface area contributed by atoms with Gasteiger partial charge in [-0.25, -0.2) is 4.98 Å². The lowest BCUT2D eigenvalue weighted by Gasteiger charge is -2.08. The number of carbonyl (C=O) groups excluding carboxylic acids is 1. The minimum absolute atomic E-state index is 0.215. The zero-order chi connectivity index (χ0) is 14.0. The van der Waals surface area contributed by atoms with Crippen molar-refractivity contribution in [2.45, 2.75) is 20.4 Å². The Bertz CT molecular complexity index is 621. The maximum Gasteiger partial charge on any atom is 0.273 e. The standard InChI is InChI=1S/C13H15BrN4O/c1-3-18-7-9(15)5-11(18)13(19)17-12-4-8(2)10(14)6-16-12/h4-7H,3,15H2,1-2H3,(H,16,17,19). The van der Waals surface area contributed by atoms with Crippen LogP contribution in [0.2, 0.25) is 0 Å². The maximum atomic E-state index is 12.2. The van der Waals surface area contributed by atoms with E-state index in [0.717, 1.165) is 10.0 Å². The molecule has 0 aromatic carbocycles. The maximum absolute atomic E-state index is 12.2. The molecule has 2 rings (SSSR count). The van der Waals surface area contributed by atoms with Crippen LogP contribution in [0, 0.1) is 6.92 Å². The first kappa shape index (κ1) is 13.6. The number of pyridine rings is 1. The Morgan fingerprint density at radius 3 is 2.89 bits per heavy atom. The van der Waals surface area contributed by atoms with Gasteiger partial charge in [0.2, 0.25) is 0 Å². The summed E-state index contributed by atoms with van der Waals surface area (Å²) in [5, 5.41) is 2.77. The summed E-state index contributed by atoms with van der Waals surface area (Å²) in [4.78, 5) is 16.3. The second kappa shape index (κ2) is 5.44. The van der Waals surface area contributed by atoms with E-state index in [1.807, 2.05) is 19.9 Å². The van der Waals surface area contributed by atoms with Gasteiger partial charge in [0.05, 0.1) is 5.69 Å². The lowest BCUT2D eigenvalue weighted by Crippen LogP contribution is -2.17. The monoisotopic (exact) mass is 322 g/mol. The van der Waals surface area contributed by atoms with Gasteiger partial charge in [-0.05, 0) is 47.5 Å². The van der Waals surface area contributed by atoms with Gasteiger partial charge in [-0.1, -0.05) is 0 Å². The minimum atomic E-state index is -0.215. The molecule has 0 radical (unpaired) electrons. The van der Waals surface area contributed by atoms with E-state index in [4.69, 9.17) is 5.73 Å². The Balaban J connectivity index is 2.22. The summed E-state index contributed by atoms with van der Waals surface area (Å²) in [6, 6.07) is 3.47. The van der Waals surface area contributed by atoms with Crippen LogP contribution < -0.4 is 11.1 Å². The minimum Gasteiger partial charge on any atom is -0.397 e. The summed E-state index contributed by atoms with van der Waals surface area (Å²) in [6.07, 6.45) is 3.41. The molecular weight excluding hydrogens is 308 g/mol.